The van der Waals surface area contributed by atoms with Crippen LogP contribution in [0.1, 0.15) is 38.5 Å². The molecule has 0 saturated carbocycles. The Morgan fingerprint density at radius 3 is 1.48 bits per heavy atom. The second kappa shape index (κ2) is 9.06. The van der Waals surface area contributed by atoms with E-state index in [1.54, 1.807) is 0 Å². The standard InChI is InChI=1S/C13H22N2O8/c14-7(1-2-9(16)17)3-8(15)13(4-10(18)19,5-11(20)21)6-12(22)23/h7-8H,1-6,14-15H2,(H,16,17)(H,18,19)(H,20,21)(H,22,23). The molecule has 0 aromatic carbocycles. The van der Waals surface area contributed by atoms with Gasteiger partial charge in [-0.3, -0.25) is 19.2 Å². The molecule has 132 valence electrons. The molecule has 0 heterocycles. The van der Waals surface area contributed by atoms with Crippen molar-refractivity contribution in [3.63, 3.8) is 0 Å². The van der Waals surface area contributed by atoms with Crippen molar-refractivity contribution in [1.82, 2.24) is 0 Å². The van der Waals surface area contributed by atoms with Gasteiger partial charge in [-0.15, -0.1) is 0 Å². The lowest BCUT2D eigenvalue weighted by molar-refractivity contribution is -0.148. The van der Waals surface area contributed by atoms with Crippen LogP contribution in [-0.4, -0.2) is 56.4 Å². The number of carboxylic acids is 4. The lowest BCUT2D eigenvalue weighted by Crippen LogP contribution is -2.49. The SMILES string of the molecule is NC(CCC(=O)O)CC(N)C(CC(=O)O)(CC(=O)O)CC(=O)O. The number of carbonyl (C=O) groups is 4. The molecule has 2 atom stereocenters. The molecule has 2 unspecified atom stereocenters. The van der Waals surface area contributed by atoms with Gasteiger partial charge in [-0.05, 0) is 12.8 Å². The molecule has 0 bridgehead atoms. The average Bonchev–Trinajstić information content (AvgIpc) is 2.33. The van der Waals surface area contributed by atoms with Crippen LogP contribution < -0.4 is 11.5 Å². The summed E-state index contributed by atoms with van der Waals surface area (Å²) in [5.74, 6) is -5.19. The van der Waals surface area contributed by atoms with Gasteiger partial charge in [-0.2, -0.15) is 0 Å². The molecule has 0 aromatic rings. The monoisotopic (exact) mass is 334 g/mol. The molecule has 0 rings (SSSR count). The van der Waals surface area contributed by atoms with Gasteiger partial charge < -0.3 is 31.9 Å². The second-order valence-electron chi connectivity index (χ2n) is 5.61. The number of hydrogen-bond donors (Lipinski definition) is 6. The van der Waals surface area contributed by atoms with Gasteiger partial charge in [0.05, 0.1) is 19.3 Å². The fraction of sp³-hybridized carbons (Fsp3) is 0.692. The van der Waals surface area contributed by atoms with Gasteiger partial charge in [0.25, 0.3) is 0 Å². The highest BCUT2D eigenvalue weighted by molar-refractivity contribution is 5.76. The zero-order valence-corrected chi connectivity index (χ0v) is 12.5. The van der Waals surface area contributed by atoms with Crippen molar-refractivity contribution in [3.05, 3.63) is 0 Å². The van der Waals surface area contributed by atoms with E-state index in [-0.39, 0.29) is 19.3 Å². The molecule has 10 nitrogen and oxygen atoms in total. The van der Waals surface area contributed by atoms with Gasteiger partial charge in [0.15, 0.2) is 0 Å². The van der Waals surface area contributed by atoms with Crippen LogP contribution in [0.3, 0.4) is 0 Å². The lowest BCUT2D eigenvalue weighted by Gasteiger charge is -2.36. The fourth-order valence-electron chi connectivity index (χ4n) is 2.49. The molecule has 0 aromatic heterocycles. The zero-order valence-electron chi connectivity index (χ0n) is 12.5. The van der Waals surface area contributed by atoms with Crippen molar-refractivity contribution in [2.75, 3.05) is 0 Å². The minimum absolute atomic E-state index is 0.0618. The van der Waals surface area contributed by atoms with Crippen LogP contribution in [0, 0.1) is 5.41 Å². The zero-order chi connectivity index (χ0) is 18.2. The Balaban J connectivity index is 5.26. The molecule has 0 saturated heterocycles. The predicted molar refractivity (Wildman–Crippen MR) is 76.6 cm³/mol. The van der Waals surface area contributed by atoms with Crippen LogP contribution in [0.25, 0.3) is 0 Å². The van der Waals surface area contributed by atoms with Crippen LogP contribution >= 0.6 is 0 Å². The maximum absolute atomic E-state index is 11.0. The molecule has 0 radical (unpaired) electrons. The largest absolute Gasteiger partial charge is 0.481 e. The van der Waals surface area contributed by atoms with Crippen molar-refractivity contribution in [1.29, 1.82) is 0 Å². The van der Waals surface area contributed by atoms with E-state index >= 15 is 0 Å². The first-order valence-corrected chi connectivity index (χ1v) is 6.87. The third-order valence-corrected chi connectivity index (χ3v) is 3.58. The molecule has 0 fully saturated rings. The van der Waals surface area contributed by atoms with Gasteiger partial charge in [-0.1, -0.05) is 0 Å². The number of rotatable bonds is 12. The van der Waals surface area contributed by atoms with E-state index in [1.807, 2.05) is 0 Å². The highest BCUT2D eigenvalue weighted by Crippen LogP contribution is 2.36. The van der Waals surface area contributed by atoms with Gasteiger partial charge in [0.2, 0.25) is 0 Å². The maximum atomic E-state index is 11.0. The third-order valence-electron chi connectivity index (χ3n) is 3.58. The van der Waals surface area contributed by atoms with E-state index in [1.165, 1.54) is 0 Å². The molecule has 0 aliphatic rings. The van der Waals surface area contributed by atoms with E-state index in [2.05, 4.69) is 0 Å². The number of aliphatic carboxylic acids is 4. The first kappa shape index (κ1) is 20.8. The van der Waals surface area contributed by atoms with Crippen molar-refractivity contribution >= 4 is 23.9 Å². The number of hydrogen-bond acceptors (Lipinski definition) is 6. The van der Waals surface area contributed by atoms with Gasteiger partial charge in [0, 0.05) is 23.9 Å². The Labute approximate surface area is 132 Å². The molecule has 0 amide bonds. The predicted octanol–water partition coefficient (Wildman–Crippen LogP) is -0.694. The Morgan fingerprint density at radius 2 is 1.17 bits per heavy atom. The Hall–Kier alpha value is -2.20. The summed E-state index contributed by atoms with van der Waals surface area (Å²) in [6, 6.07) is -1.83. The van der Waals surface area contributed by atoms with E-state index in [0.717, 1.165) is 0 Å². The summed E-state index contributed by atoms with van der Waals surface area (Å²) in [7, 11) is 0. The maximum Gasteiger partial charge on any atom is 0.303 e. The molecule has 0 aliphatic heterocycles. The van der Waals surface area contributed by atoms with Crippen LogP contribution in [0.2, 0.25) is 0 Å². The fourth-order valence-corrected chi connectivity index (χ4v) is 2.49. The lowest BCUT2D eigenvalue weighted by atomic mass is 9.70. The molecule has 0 aliphatic carbocycles. The Kier molecular flexibility index (Phi) is 8.19. The highest BCUT2D eigenvalue weighted by atomic mass is 16.4. The third kappa shape index (κ3) is 8.12. The van der Waals surface area contributed by atoms with Crippen LogP contribution in [-0.2, 0) is 19.2 Å². The van der Waals surface area contributed by atoms with E-state index in [9.17, 15) is 19.2 Å². The van der Waals surface area contributed by atoms with Gasteiger partial charge in [0.1, 0.15) is 0 Å². The molecular weight excluding hydrogens is 312 g/mol. The summed E-state index contributed by atoms with van der Waals surface area (Å²) in [5.41, 5.74) is 9.91. The van der Waals surface area contributed by atoms with Crippen molar-refractivity contribution < 1.29 is 39.6 Å². The first-order valence-electron chi connectivity index (χ1n) is 6.87. The summed E-state index contributed by atoms with van der Waals surface area (Å²) < 4.78 is 0. The minimum atomic E-state index is -1.70. The van der Waals surface area contributed by atoms with Crippen LogP contribution in [0.4, 0.5) is 0 Å². The van der Waals surface area contributed by atoms with Gasteiger partial charge in [-0.25, -0.2) is 0 Å². The summed E-state index contributed by atoms with van der Waals surface area (Å²) >= 11 is 0. The molecule has 0 spiro atoms. The summed E-state index contributed by atoms with van der Waals surface area (Å²) in [6.07, 6.45) is -2.46. The van der Waals surface area contributed by atoms with E-state index in [4.69, 9.17) is 31.9 Å². The number of nitrogens with two attached hydrogens (primary N) is 2. The van der Waals surface area contributed by atoms with E-state index < -0.39 is 60.6 Å². The Morgan fingerprint density at radius 1 is 0.783 bits per heavy atom. The first-order chi connectivity index (χ1) is 10.5. The topological polar surface area (TPSA) is 201 Å². The average molecular weight is 334 g/mol. The van der Waals surface area contributed by atoms with Crippen LogP contribution in [0.5, 0.6) is 0 Å². The van der Waals surface area contributed by atoms with Crippen LogP contribution in [0.15, 0.2) is 0 Å². The van der Waals surface area contributed by atoms with Crippen molar-refractivity contribution in [2.45, 2.75) is 50.6 Å². The molecule has 8 N–H and O–H groups in total. The molecular formula is C13H22N2O8. The highest BCUT2D eigenvalue weighted by Gasteiger charge is 2.43. The normalized spacial score (nSPS) is 14.0. The Bertz CT molecular complexity index is 424. The van der Waals surface area contributed by atoms with Gasteiger partial charge >= 0.3 is 23.9 Å². The summed E-state index contributed by atoms with van der Waals surface area (Å²) in [6.45, 7) is 0. The minimum Gasteiger partial charge on any atom is -0.481 e. The summed E-state index contributed by atoms with van der Waals surface area (Å²) in [5, 5.41) is 35.5. The number of carboxylic acid groups (broad SMARTS) is 4. The molecule has 23 heavy (non-hydrogen) atoms. The quantitative estimate of drug-likeness (QED) is 0.265. The smallest absolute Gasteiger partial charge is 0.303 e. The van der Waals surface area contributed by atoms with Crippen molar-refractivity contribution in [2.24, 2.45) is 16.9 Å². The second-order valence-corrected chi connectivity index (χ2v) is 5.61. The van der Waals surface area contributed by atoms with Crippen molar-refractivity contribution in [3.8, 4) is 0 Å². The summed E-state index contributed by atoms with van der Waals surface area (Å²) in [4.78, 5) is 43.6. The molecule has 10 heteroatoms. The van der Waals surface area contributed by atoms with E-state index in [0.29, 0.717) is 0 Å².